The van der Waals surface area contributed by atoms with Crippen molar-refractivity contribution in [3.63, 3.8) is 0 Å². The first kappa shape index (κ1) is 11.2. The number of sulfonamides is 1. The Hall–Kier alpha value is -1.27. The minimum atomic E-state index is -3.72. The van der Waals surface area contributed by atoms with Crippen molar-refractivity contribution >= 4 is 21.4 Å². The number of nitrogens with zero attached hydrogens (tertiary/aromatic N) is 1. The van der Waals surface area contributed by atoms with Gasteiger partial charge in [-0.1, -0.05) is 0 Å². The van der Waals surface area contributed by atoms with Crippen LogP contribution in [0.5, 0.6) is 0 Å². The molecular weight excluding hydrogens is 226 g/mol. The molecule has 5 nitrogen and oxygen atoms in total. The molecule has 0 aromatic heterocycles. The normalized spacial score (nSPS) is 16.7. The van der Waals surface area contributed by atoms with Crippen molar-refractivity contribution in [1.82, 2.24) is 0 Å². The zero-order valence-electron chi connectivity index (χ0n) is 8.89. The first-order valence-electron chi connectivity index (χ1n) is 5.16. The Labute approximate surface area is 95.1 Å². The van der Waals surface area contributed by atoms with E-state index >= 15 is 0 Å². The molecule has 16 heavy (non-hydrogen) atoms. The van der Waals surface area contributed by atoms with Gasteiger partial charge in [0, 0.05) is 18.8 Å². The van der Waals surface area contributed by atoms with Crippen LogP contribution in [0.25, 0.3) is 0 Å². The zero-order valence-corrected chi connectivity index (χ0v) is 9.70. The van der Waals surface area contributed by atoms with Crippen molar-refractivity contribution in [3.05, 3.63) is 18.2 Å². The van der Waals surface area contributed by atoms with Gasteiger partial charge in [0.05, 0.1) is 5.69 Å². The fourth-order valence-electron chi connectivity index (χ4n) is 1.97. The highest BCUT2D eigenvalue weighted by Crippen LogP contribution is 2.26. The van der Waals surface area contributed by atoms with Crippen LogP contribution < -0.4 is 15.8 Å². The average molecular weight is 241 g/mol. The molecule has 88 valence electrons. The number of rotatable bonds is 2. The van der Waals surface area contributed by atoms with Crippen LogP contribution in [-0.2, 0) is 10.0 Å². The van der Waals surface area contributed by atoms with E-state index in [0.29, 0.717) is 0 Å². The van der Waals surface area contributed by atoms with Gasteiger partial charge in [-0.15, -0.1) is 0 Å². The van der Waals surface area contributed by atoms with Gasteiger partial charge in [0.25, 0.3) is 0 Å². The van der Waals surface area contributed by atoms with Gasteiger partial charge in [0.2, 0.25) is 10.0 Å². The van der Waals surface area contributed by atoms with Crippen LogP contribution in [0, 0.1) is 0 Å². The minimum absolute atomic E-state index is 0.00422. The largest absolute Gasteiger partial charge is 0.398 e. The molecule has 0 amide bonds. The van der Waals surface area contributed by atoms with Gasteiger partial charge in [-0.3, -0.25) is 0 Å². The van der Waals surface area contributed by atoms with Gasteiger partial charge in [-0.2, -0.15) is 0 Å². The third-order valence-electron chi connectivity index (χ3n) is 2.77. The van der Waals surface area contributed by atoms with E-state index < -0.39 is 10.0 Å². The van der Waals surface area contributed by atoms with Gasteiger partial charge in [-0.05, 0) is 31.0 Å². The molecule has 6 heteroatoms. The molecule has 2 rings (SSSR count). The molecule has 0 unspecified atom stereocenters. The maximum absolute atomic E-state index is 11.2. The summed E-state index contributed by atoms with van der Waals surface area (Å²) in [4.78, 5) is 2.18. The monoisotopic (exact) mass is 241 g/mol. The number of benzene rings is 1. The number of anilines is 2. The van der Waals surface area contributed by atoms with Crippen LogP contribution in [0.3, 0.4) is 0 Å². The lowest BCUT2D eigenvalue weighted by molar-refractivity contribution is 0.598. The minimum Gasteiger partial charge on any atom is -0.398 e. The van der Waals surface area contributed by atoms with Gasteiger partial charge in [0.15, 0.2) is 0 Å². The van der Waals surface area contributed by atoms with Crippen LogP contribution in [0.1, 0.15) is 12.8 Å². The Morgan fingerprint density at radius 3 is 2.31 bits per heavy atom. The number of hydrogen-bond acceptors (Lipinski definition) is 4. The highest BCUT2D eigenvalue weighted by molar-refractivity contribution is 7.89. The number of hydrogen-bond donors (Lipinski definition) is 2. The van der Waals surface area contributed by atoms with Crippen molar-refractivity contribution < 1.29 is 8.42 Å². The van der Waals surface area contributed by atoms with Crippen molar-refractivity contribution in [2.75, 3.05) is 23.7 Å². The van der Waals surface area contributed by atoms with E-state index in [1.165, 1.54) is 6.07 Å². The Balaban J connectivity index is 2.36. The van der Waals surface area contributed by atoms with Crippen LogP contribution in [0.15, 0.2) is 23.1 Å². The smallest absolute Gasteiger partial charge is 0.240 e. The lowest BCUT2D eigenvalue weighted by Gasteiger charge is -2.18. The molecule has 1 heterocycles. The Morgan fingerprint density at radius 2 is 1.81 bits per heavy atom. The van der Waals surface area contributed by atoms with Gasteiger partial charge in [0.1, 0.15) is 4.90 Å². The maximum atomic E-state index is 11.2. The van der Waals surface area contributed by atoms with Crippen LogP contribution in [-0.4, -0.2) is 21.5 Å². The lowest BCUT2D eigenvalue weighted by Crippen LogP contribution is -2.19. The van der Waals surface area contributed by atoms with E-state index in [-0.39, 0.29) is 10.6 Å². The Morgan fingerprint density at radius 1 is 1.19 bits per heavy atom. The topological polar surface area (TPSA) is 89.4 Å². The standard InChI is InChI=1S/C10H15N3O2S/c11-9-7-8(13-5-1-2-6-13)3-4-10(9)16(12,14)15/h3-4,7H,1-2,5-6,11H2,(H2,12,14,15). The van der Waals surface area contributed by atoms with Gasteiger partial charge >= 0.3 is 0 Å². The quantitative estimate of drug-likeness (QED) is 0.738. The SMILES string of the molecule is Nc1cc(N2CCCC2)ccc1S(N)(=O)=O. The first-order chi connectivity index (χ1) is 7.48. The van der Waals surface area contributed by atoms with E-state index in [1.54, 1.807) is 12.1 Å². The fraction of sp³-hybridized carbons (Fsp3) is 0.400. The molecule has 4 N–H and O–H groups in total. The van der Waals surface area contributed by atoms with Gasteiger partial charge in [-0.25, -0.2) is 13.6 Å². The van der Waals surface area contributed by atoms with Crippen molar-refractivity contribution in [3.8, 4) is 0 Å². The highest BCUT2D eigenvalue weighted by Gasteiger charge is 2.16. The molecule has 1 aromatic rings. The molecule has 0 aliphatic carbocycles. The first-order valence-corrected chi connectivity index (χ1v) is 6.70. The summed E-state index contributed by atoms with van der Waals surface area (Å²) in [7, 11) is -3.72. The zero-order chi connectivity index (χ0) is 11.8. The predicted octanol–water partition coefficient (Wildman–Crippen LogP) is 0.516. The molecule has 1 aliphatic rings. The summed E-state index contributed by atoms with van der Waals surface area (Å²) in [6.07, 6.45) is 2.33. The molecule has 1 aromatic carbocycles. The van der Waals surface area contributed by atoms with Gasteiger partial charge < -0.3 is 10.6 Å². The second-order valence-corrected chi connectivity index (χ2v) is 5.49. The summed E-state index contributed by atoms with van der Waals surface area (Å²) < 4.78 is 22.3. The number of primary sulfonamides is 1. The lowest BCUT2D eigenvalue weighted by atomic mass is 10.2. The molecular formula is C10H15N3O2S. The van der Waals surface area contributed by atoms with Crippen molar-refractivity contribution in [1.29, 1.82) is 0 Å². The van der Waals surface area contributed by atoms with Crippen LogP contribution in [0.2, 0.25) is 0 Å². The second kappa shape index (κ2) is 3.95. The Kier molecular flexibility index (Phi) is 2.77. The number of nitrogen functional groups attached to an aromatic ring is 1. The summed E-state index contributed by atoms with van der Waals surface area (Å²) in [6.45, 7) is 1.99. The number of nitrogens with two attached hydrogens (primary N) is 2. The summed E-state index contributed by atoms with van der Waals surface area (Å²) in [5.74, 6) is 0. The molecule has 1 aliphatic heterocycles. The highest BCUT2D eigenvalue weighted by atomic mass is 32.2. The maximum Gasteiger partial charge on any atom is 0.240 e. The Bertz CT molecular complexity index is 493. The second-order valence-electron chi connectivity index (χ2n) is 3.96. The summed E-state index contributed by atoms with van der Waals surface area (Å²) >= 11 is 0. The third-order valence-corrected chi connectivity index (χ3v) is 3.76. The molecule has 0 spiro atoms. The third kappa shape index (κ3) is 2.12. The summed E-state index contributed by atoms with van der Waals surface area (Å²) in [6, 6.07) is 4.89. The van der Waals surface area contributed by atoms with E-state index in [0.717, 1.165) is 31.6 Å². The van der Waals surface area contributed by atoms with Crippen LogP contribution in [0.4, 0.5) is 11.4 Å². The molecule has 0 radical (unpaired) electrons. The summed E-state index contributed by atoms with van der Waals surface area (Å²) in [5.41, 5.74) is 6.86. The molecule has 0 saturated carbocycles. The molecule has 0 atom stereocenters. The van der Waals surface area contributed by atoms with E-state index in [9.17, 15) is 8.42 Å². The van der Waals surface area contributed by atoms with E-state index in [4.69, 9.17) is 10.9 Å². The van der Waals surface area contributed by atoms with E-state index in [1.807, 2.05) is 0 Å². The van der Waals surface area contributed by atoms with Crippen molar-refractivity contribution in [2.24, 2.45) is 5.14 Å². The fourth-order valence-corrected chi connectivity index (χ4v) is 2.61. The molecule has 1 saturated heterocycles. The van der Waals surface area contributed by atoms with Crippen molar-refractivity contribution in [2.45, 2.75) is 17.7 Å². The molecule has 0 bridgehead atoms. The van der Waals surface area contributed by atoms with E-state index in [2.05, 4.69) is 4.90 Å². The van der Waals surface area contributed by atoms with Crippen LogP contribution >= 0.6 is 0 Å². The summed E-state index contributed by atoms with van der Waals surface area (Å²) in [5, 5.41) is 5.04. The average Bonchev–Trinajstić information content (AvgIpc) is 2.68. The molecule has 1 fully saturated rings. The predicted molar refractivity (Wildman–Crippen MR) is 63.7 cm³/mol.